The molecule has 1 aliphatic heterocycles. The van der Waals surface area contributed by atoms with Crippen molar-refractivity contribution in [2.24, 2.45) is 5.92 Å². The van der Waals surface area contributed by atoms with E-state index in [2.05, 4.69) is 18.1 Å². The lowest BCUT2D eigenvalue weighted by atomic mass is 9.90. The van der Waals surface area contributed by atoms with Crippen molar-refractivity contribution in [3.63, 3.8) is 0 Å². The van der Waals surface area contributed by atoms with Crippen molar-refractivity contribution < 1.29 is 14.6 Å². The van der Waals surface area contributed by atoms with Gasteiger partial charge in [0, 0.05) is 5.92 Å². The van der Waals surface area contributed by atoms with E-state index in [1.165, 1.54) is 5.56 Å². The van der Waals surface area contributed by atoms with Crippen LogP contribution in [0, 0.1) is 18.3 Å². The van der Waals surface area contributed by atoms with Crippen LogP contribution < -0.4 is 0 Å². The molecule has 102 valence electrons. The van der Waals surface area contributed by atoms with Crippen LogP contribution in [0.1, 0.15) is 18.4 Å². The van der Waals surface area contributed by atoms with Gasteiger partial charge in [0.2, 0.25) is 0 Å². The highest BCUT2D eigenvalue weighted by Gasteiger charge is 2.22. The third-order valence-corrected chi connectivity index (χ3v) is 3.42. The molecule has 1 fully saturated rings. The van der Waals surface area contributed by atoms with E-state index in [-0.39, 0.29) is 12.2 Å². The Morgan fingerprint density at radius 1 is 1.26 bits per heavy atom. The molecule has 0 spiro atoms. The maximum absolute atomic E-state index is 9.94. The molecule has 3 heteroatoms. The molecule has 0 aromatic heterocycles. The lowest BCUT2D eigenvalue weighted by molar-refractivity contribution is -0.0523. The summed E-state index contributed by atoms with van der Waals surface area (Å²) in [4.78, 5) is 0. The maximum Gasteiger partial charge on any atom is 0.157 e. The molecule has 0 saturated carbocycles. The van der Waals surface area contributed by atoms with Crippen LogP contribution in [0.2, 0.25) is 0 Å². The topological polar surface area (TPSA) is 38.7 Å². The van der Waals surface area contributed by atoms with Gasteiger partial charge in [-0.25, -0.2) is 0 Å². The average Bonchev–Trinajstić information content (AvgIpc) is 2.97. The van der Waals surface area contributed by atoms with Crippen molar-refractivity contribution in [1.82, 2.24) is 0 Å². The Morgan fingerprint density at radius 2 is 1.95 bits per heavy atom. The minimum Gasteiger partial charge on any atom is -0.380 e. The molecule has 0 aliphatic carbocycles. The molecule has 2 atom stereocenters. The van der Waals surface area contributed by atoms with Gasteiger partial charge in [-0.1, -0.05) is 36.3 Å². The third-order valence-electron chi connectivity index (χ3n) is 3.42. The molecule has 19 heavy (non-hydrogen) atoms. The zero-order valence-corrected chi connectivity index (χ0v) is 11.0. The fourth-order valence-electron chi connectivity index (χ4n) is 2.35. The molecule has 2 unspecified atom stereocenters. The van der Waals surface area contributed by atoms with E-state index in [1.54, 1.807) is 0 Å². The smallest absolute Gasteiger partial charge is 0.157 e. The highest BCUT2D eigenvalue weighted by molar-refractivity contribution is 5.16. The Labute approximate surface area is 114 Å². The summed E-state index contributed by atoms with van der Waals surface area (Å²) in [5.74, 6) is 2.48. The van der Waals surface area contributed by atoms with Crippen LogP contribution in [0.25, 0.3) is 0 Å². The van der Waals surface area contributed by atoms with Gasteiger partial charge in [-0.05, 0) is 24.8 Å². The Kier molecular flexibility index (Phi) is 5.41. The molecule has 0 amide bonds. The zero-order chi connectivity index (χ0) is 13.5. The fourth-order valence-corrected chi connectivity index (χ4v) is 2.35. The predicted molar refractivity (Wildman–Crippen MR) is 73.4 cm³/mol. The number of rotatable bonds is 6. The summed E-state index contributed by atoms with van der Waals surface area (Å²) < 4.78 is 10.8. The van der Waals surface area contributed by atoms with Gasteiger partial charge in [0.15, 0.2) is 6.29 Å². The number of aliphatic hydroxyl groups is 1. The van der Waals surface area contributed by atoms with E-state index in [0.717, 1.165) is 19.3 Å². The molecular formula is C16H20O3. The Morgan fingerprint density at radius 3 is 2.58 bits per heavy atom. The summed E-state index contributed by atoms with van der Waals surface area (Å²) in [5, 5.41) is 9.94. The number of hydrogen-bond acceptors (Lipinski definition) is 3. The second kappa shape index (κ2) is 7.30. The highest BCUT2D eigenvalue weighted by Crippen LogP contribution is 2.21. The molecule has 1 N–H and O–H groups in total. The second-order valence-electron chi connectivity index (χ2n) is 4.81. The Bertz CT molecular complexity index is 404. The van der Waals surface area contributed by atoms with Crippen molar-refractivity contribution >= 4 is 0 Å². The normalized spacial score (nSPS) is 18.9. The van der Waals surface area contributed by atoms with E-state index >= 15 is 0 Å². The van der Waals surface area contributed by atoms with Gasteiger partial charge in [-0.3, -0.25) is 0 Å². The van der Waals surface area contributed by atoms with Gasteiger partial charge in [-0.2, -0.15) is 0 Å². The van der Waals surface area contributed by atoms with Crippen LogP contribution in [-0.2, 0) is 15.9 Å². The first-order valence-electron chi connectivity index (χ1n) is 6.71. The number of aliphatic hydroxyl groups excluding tert-OH is 1. The Balaban J connectivity index is 1.90. The van der Waals surface area contributed by atoms with Gasteiger partial charge < -0.3 is 14.6 Å². The summed E-state index contributed by atoms with van der Waals surface area (Å²) in [5.41, 5.74) is 1.19. The number of ether oxygens (including phenoxy) is 2. The summed E-state index contributed by atoms with van der Waals surface area (Å²) >= 11 is 0. The van der Waals surface area contributed by atoms with Crippen LogP contribution in [0.5, 0.6) is 0 Å². The van der Waals surface area contributed by atoms with Gasteiger partial charge >= 0.3 is 0 Å². The van der Waals surface area contributed by atoms with Gasteiger partial charge in [-0.15, -0.1) is 6.42 Å². The SMILES string of the molecule is C#CC(O)C(CCC1OCCO1)Cc1ccccc1. The van der Waals surface area contributed by atoms with E-state index in [1.807, 2.05) is 18.2 Å². The van der Waals surface area contributed by atoms with E-state index in [4.69, 9.17) is 15.9 Å². The third kappa shape index (κ3) is 4.36. The predicted octanol–water partition coefficient (Wildman–Crippen LogP) is 1.99. The van der Waals surface area contributed by atoms with E-state index in [9.17, 15) is 5.11 Å². The van der Waals surface area contributed by atoms with Crippen molar-refractivity contribution in [2.75, 3.05) is 13.2 Å². The Hall–Kier alpha value is -1.34. The lowest BCUT2D eigenvalue weighted by Gasteiger charge is -2.20. The standard InChI is InChI=1S/C16H20O3/c1-2-15(17)14(8-9-16-18-10-11-19-16)12-13-6-4-3-5-7-13/h1,3-7,14-17H,8-12H2. The summed E-state index contributed by atoms with van der Waals surface area (Å²) in [6, 6.07) is 10.1. The molecule has 1 heterocycles. The first-order chi connectivity index (χ1) is 9.29. The molecule has 0 bridgehead atoms. The van der Waals surface area contributed by atoms with Crippen molar-refractivity contribution in [3.05, 3.63) is 35.9 Å². The molecule has 0 radical (unpaired) electrons. The van der Waals surface area contributed by atoms with E-state index in [0.29, 0.717) is 13.2 Å². The fraction of sp³-hybridized carbons (Fsp3) is 0.500. The molecule has 1 aromatic carbocycles. The van der Waals surface area contributed by atoms with Crippen LogP contribution in [0.3, 0.4) is 0 Å². The first-order valence-corrected chi connectivity index (χ1v) is 6.71. The van der Waals surface area contributed by atoms with E-state index < -0.39 is 6.10 Å². The average molecular weight is 260 g/mol. The lowest BCUT2D eigenvalue weighted by Crippen LogP contribution is -2.23. The molecule has 1 aromatic rings. The van der Waals surface area contributed by atoms with Crippen molar-refractivity contribution in [3.8, 4) is 12.3 Å². The van der Waals surface area contributed by atoms with Crippen molar-refractivity contribution in [1.29, 1.82) is 0 Å². The summed E-state index contributed by atoms with van der Waals surface area (Å²) in [6.45, 7) is 1.32. The second-order valence-corrected chi connectivity index (χ2v) is 4.81. The summed E-state index contributed by atoms with van der Waals surface area (Å²) in [6.07, 6.45) is 6.84. The molecular weight excluding hydrogens is 240 g/mol. The summed E-state index contributed by atoms with van der Waals surface area (Å²) in [7, 11) is 0. The number of benzene rings is 1. The maximum atomic E-state index is 9.94. The minimum absolute atomic E-state index is 0.0419. The minimum atomic E-state index is -0.721. The first kappa shape index (κ1) is 14.1. The quantitative estimate of drug-likeness (QED) is 0.795. The van der Waals surface area contributed by atoms with Crippen molar-refractivity contribution in [2.45, 2.75) is 31.7 Å². The van der Waals surface area contributed by atoms with Crippen LogP contribution >= 0.6 is 0 Å². The van der Waals surface area contributed by atoms with Gasteiger partial charge in [0.1, 0.15) is 6.10 Å². The molecule has 2 rings (SSSR count). The zero-order valence-electron chi connectivity index (χ0n) is 11.0. The van der Waals surface area contributed by atoms with Crippen LogP contribution in [-0.4, -0.2) is 30.7 Å². The van der Waals surface area contributed by atoms with Gasteiger partial charge in [0.05, 0.1) is 13.2 Å². The van der Waals surface area contributed by atoms with Crippen LogP contribution in [0.4, 0.5) is 0 Å². The highest BCUT2D eigenvalue weighted by atomic mass is 16.7. The number of hydrogen-bond donors (Lipinski definition) is 1. The monoisotopic (exact) mass is 260 g/mol. The molecule has 3 nitrogen and oxygen atoms in total. The molecule has 1 saturated heterocycles. The molecule has 1 aliphatic rings. The number of terminal acetylenes is 1. The van der Waals surface area contributed by atoms with Crippen LogP contribution in [0.15, 0.2) is 30.3 Å². The largest absolute Gasteiger partial charge is 0.380 e. The van der Waals surface area contributed by atoms with Gasteiger partial charge in [0.25, 0.3) is 0 Å².